The molecule has 1 heterocycles. The second-order valence-electron chi connectivity index (χ2n) is 8.75. The Morgan fingerprint density at radius 1 is 1.24 bits per heavy atom. The fraction of sp³-hybridized carbons (Fsp3) is 0.520. The third kappa shape index (κ3) is 7.59. The highest BCUT2D eigenvalue weighted by Gasteiger charge is 2.21. The smallest absolute Gasteiger partial charge is 0.251 e. The van der Waals surface area contributed by atoms with Crippen LogP contribution in [0.5, 0.6) is 11.5 Å². The summed E-state index contributed by atoms with van der Waals surface area (Å²) < 4.78 is 11.2. The quantitative estimate of drug-likeness (QED) is 0.460. The highest BCUT2D eigenvalue weighted by atomic mass is 16.5. The number of aromatic nitrogens is 2. The second kappa shape index (κ2) is 12.8. The predicted molar refractivity (Wildman–Crippen MR) is 132 cm³/mol. The van der Waals surface area contributed by atoms with E-state index < -0.39 is 0 Å². The Morgan fingerprint density at radius 3 is 2.59 bits per heavy atom. The molecule has 0 saturated carbocycles. The van der Waals surface area contributed by atoms with Gasteiger partial charge in [0.05, 0.1) is 7.11 Å². The summed E-state index contributed by atoms with van der Waals surface area (Å²) in [5, 5.41) is 15.5. The Kier molecular flexibility index (Phi) is 10.1. The number of likely N-dealkylation sites (N-methyl/N-ethyl adjacent to an activating group) is 1. The van der Waals surface area contributed by atoms with E-state index in [1.807, 2.05) is 25.1 Å². The van der Waals surface area contributed by atoms with E-state index in [2.05, 4.69) is 41.4 Å². The minimum absolute atomic E-state index is 0.0851. The van der Waals surface area contributed by atoms with Gasteiger partial charge in [0.2, 0.25) is 5.82 Å². The first-order valence-corrected chi connectivity index (χ1v) is 11.5. The maximum Gasteiger partial charge on any atom is 0.251 e. The Labute approximate surface area is 202 Å². The average molecular weight is 469 g/mol. The normalized spacial score (nSPS) is 11.1. The van der Waals surface area contributed by atoms with E-state index in [4.69, 9.17) is 9.47 Å². The molecule has 34 heavy (non-hydrogen) atoms. The Bertz CT molecular complexity index is 999. The number of hydrogen-bond donors (Lipinski definition) is 2. The highest BCUT2D eigenvalue weighted by molar-refractivity contribution is 5.94. The summed E-state index contributed by atoms with van der Waals surface area (Å²) >= 11 is 0. The number of nitrogens with zero attached hydrogens (tertiary/aromatic N) is 4. The van der Waals surface area contributed by atoms with Gasteiger partial charge in [-0.2, -0.15) is 5.26 Å². The van der Waals surface area contributed by atoms with Crippen LogP contribution in [0.15, 0.2) is 24.4 Å². The van der Waals surface area contributed by atoms with E-state index >= 15 is 0 Å². The van der Waals surface area contributed by atoms with Gasteiger partial charge in [0.25, 0.3) is 5.91 Å². The number of rotatable bonds is 13. The van der Waals surface area contributed by atoms with Crippen LogP contribution >= 0.6 is 0 Å². The molecule has 9 heteroatoms. The lowest BCUT2D eigenvalue weighted by Crippen LogP contribution is -2.27. The Balaban J connectivity index is 2.13. The summed E-state index contributed by atoms with van der Waals surface area (Å²) in [4.78, 5) is 23.3. The van der Waals surface area contributed by atoms with Crippen molar-refractivity contribution in [2.24, 2.45) is 5.41 Å². The standard InChI is InChI=1S/C25H36N6O3/c1-7-25(3,8-2)17-29-23-19(15-27-22(14-26)30-23)16-28-24(32)18-9-10-20(33-6)21(13-18)34-12-11-31(4)5/h9-10,13,15H,7-8,11-12,16-17H2,1-6H3,(H,28,32)(H,27,29,30). The topological polar surface area (TPSA) is 112 Å². The minimum Gasteiger partial charge on any atom is -0.493 e. The number of methoxy groups -OCH3 is 1. The summed E-state index contributed by atoms with van der Waals surface area (Å²) in [5.74, 6) is 1.46. The lowest BCUT2D eigenvalue weighted by Gasteiger charge is -2.27. The SMILES string of the molecule is CCC(C)(CC)CNc1nc(C#N)ncc1CNC(=O)c1ccc(OC)c(OCCN(C)C)c1. The zero-order valence-corrected chi connectivity index (χ0v) is 21.1. The molecule has 0 saturated heterocycles. The van der Waals surface area contributed by atoms with Gasteiger partial charge in [-0.25, -0.2) is 9.97 Å². The molecule has 2 rings (SSSR count). The first-order chi connectivity index (χ1) is 16.2. The molecule has 0 unspecified atom stereocenters. The van der Waals surface area contributed by atoms with Crippen LogP contribution in [0.2, 0.25) is 0 Å². The number of carbonyl (C=O) groups excluding carboxylic acids is 1. The van der Waals surface area contributed by atoms with Crippen LogP contribution in [0, 0.1) is 16.7 Å². The van der Waals surface area contributed by atoms with Gasteiger partial charge in [0, 0.05) is 37.0 Å². The Hall–Kier alpha value is -3.38. The maximum atomic E-state index is 12.9. The van der Waals surface area contributed by atoms with Crippen molar-refractivity contribution in [1.82, 2.24) is 20.2 Å². The molecule has 1 amide bonds. The number of benzene rings is 1. The first-order valence-electron chi connectivity index (χ1n) is 11.5. The van der Waals surface area contributed by atoms with Crippen molar-refractivity contribution in [2.75, 3.05) is 46.2 Å². The van der Waals surface area contributed by atoms with E-state index in [0.717, 1.165) is 19.4 Å². The van der Waals surface area contributed by atoms with E-state index in [0.29, 0.717) is 41.6 Å². The summed E-state index contributed by atoms with van der Waals surface area (Å²) in [6.45, 7) is 8.64. The fourth-order valence-corrected chi connectivity index (χ4v) is 3.09. The molecule has 0 bridgehead atoms. The van der Waals surface area contributed by atoms with E-state index in [1.54, 1.807) is 31.5 Å². The van der Waals surface area contributed by atoms with Crippen LogP contribution in [0.3, 0.4) is 0 Å². The number of nitriles is 1. The molecule has 0 atom stereocenters. The number of ether oxygens (including phenoxy) is 2. The Morgan fingerprint density at radius 2 is 1.97 bits per heavy atom. The maximum absolute atomic E-state index is 12.9. The van der Waals surface area contributed by atoms with Crippen LogP contribution in [0.4, 0.5) is 5.82 Å². The number of nitrogens with one attached hydrogen (secondary N) is 2. The predicted octanol–water partition coefficient (Wildman–Crippen LogP) is 3.47. The van der Waals surface area contributed by atoms with Gasteiger partial charge >= 0.3 is 0 Å². The summed E-state index contributed by atoms with van der Waals surface area (Å²) in [6.07, 6.45) is 3.59. The molecule has 1 aromatic carbocycles. The van der Waals surface area contributed by atoms with Gasteiger partial charge in [-0.1, -0.05) is 20.8 Å². The van der Waals surface area contributed by atoms with Crippen molar-refractivity contribution >= 4 is 11.7 Å². The van der Waals surface area contributed by atoms with Gasteiger partial charge in [-0.05, 0) is 50.6 Å². The van der Waals surface area contributed by atoms with Crippen LogP contribution in [0.25, 0.3) is 0 Å². The summed E-state index contributed by atoms with van der Waals surface area (Å²) in [5.41, 5.74) is 1.26. The average Bonchev–Trinajstić information content (AvgIpc) is 2.85. The van der Waals surface area contributed by atoms with Crippen molar-refractivity contribution in [2.45, 2.75) is 40.2 Å². The van der Waals surface area contributed by atoms with Gasteiger partial charge in [0.1, 0.15) is 18.5 Å². The largest absolute Gasteiger partial charge is 0.493 e. The molecule has 1 aromatic heterocycles. The lowest BCUT2D eigenvalue weighted by atomic mass is 9.85. The highest BCUT2D eigenvalue weighted by Crippen LogP contribution is 2.28. The molecule has 0 aliphatic carbocycles. The van der Waals surface area contributed by atoms with Crippen LogP contribution in [0.1, 0.15) is 55.4 Å². The van der Waals surface area contributed by atoms with Crippen LogP contribution in [-0.4, -0.2) is 61.7 Å². The fourth-order valence-electron chi connectivity index (χ4n) is 3.09. The molecular weight excluding hydrogens is 432 g/mol. The molecule has 0 radical (unpaired) electrons. The van der Waals surface area contributed by atoms with Crippen LogP contribution < -0.4 is 20.1 Å². The van der Waals surface area contributed by atoms with Crippen molar-refractivity contribution in [3.8, 4) is 17.6 Å². The molecule has 184 valence electrons. The van der Waals surface area contributed by atoms with Gasteiger partial charge in [0.15, 0.2) is 11.5 Å². The number of carbonyl (C=O) groups is 1. The van der Waals surface area contributed by atoms with E-state index in [1.165, 1.54) is 0 Å². The van der Waals surface area contributed by atoms with Crippen molar-refractivity contribution in [3.63, 3.8) is 0 Å². The minimum atomic E-state index is -0.262. The number of amides is 1. The second-order valence-corrected chi connectivity index (χ2v) is 8.75. The molecule has 0 spiro atoms. The van der Waals surface area contributed by atoms with Crippen LogP contribution in [-0.2, 0) is 6.54 Å². The molecular formula is C25H36N6O3. The zero-order chi connectivity index (χ0) is 25.1. The summed E-state index contributed by atoms with van der Waals surface area (Å²) in [7, 11) is 5.49. The number of anilines is 1. The van der Waals surface area contributed by atoms with Crippen molar-refractivity contribution in [3.05, 3.63) is 41.3 Å². The van der Waals surface area contributed by atoms with Gasteiger partial charge < -0.3 is 25.0 Å². The first kappa shape index (κ1) is 26.9. The summed E-state index contributed by atoms with van der Waals surface area (Å²) in [6, 6.07) is 7.05. The number of hydrogen-bond acceptors (Lipinski definition) is 8. The van der Waals surface area contributed by atoms with E-state index in [-0.39, 0.29) is 23.7 Å². The molecule has 2 aromatic rings. The zero-order valence-electron chi connectivity index (χ0n) is 21.1. The van der Waals surface area contributed by atoms with Gasteiger partial charge in [-0.3, -0.25) is 4.79 Å². The molecule has 0 aliphatic rings. The molecule has 0 fully saturated rings. The van der Waals surface area contributed by atoms with Crippen molar-refractivity contribution < 1.29 is 14.3 Å². The third-order valence-corrected chi connectivity index (χ3v) is 6.02. The van der Waals surface area contributed by atoms with Crippen molar-refractivity contribution in [1.29, 1.82) is 5.26 Å². The molecule has 9 nitrogen and oxygen atoms in total. The monoisotopic (exact) mass is 468 g/mol. The molecule has 2 N–H and O–H groups in total. The van der Waals surface area contributed by atoms with E-state index in [9.17, 15) is 10.1 Å². The van der Waals surface area contributed by atoms with Gasteiger partial charge in [-0.15, -0.1) is 0 Å². The third-order valence-electron chi connectivity index (χ3n) is 6.02. The molecule has 0 aliphatic heterocycles. The lowest BCUT2D eigenvalue weighted by molar-refractivity contribution is 0.0950.